The lowest BCUT2D eigenvalue weighted by atomic mass is 10.2. The van der Waals surface area contributed by atoms with Gasteiger partial charge in [0.25, 0.3) is 5.91 Å². The lowest BCUT2D eigenvalue weighted by Crippen LogP contribution is -2.48. The SMILES string of the molecule is CCC(C(=O)NN)N(CC)CC. The molecule has 0 aliphatic carbocycles. The van der Waals surface area contributed by atoms with Gasteiger partial charge in [-0.2, -0.15) is 0 Å². The summed E-state index contributed by atoms with van der Waals surface area (Å²) in [4.78, 5) is 13.3. The lowest BCUT2D eigenvalue weighted by Gasteiger charge is -2.26. The number of hydrogen-bond acceptors (Lipinski definition) is 3. The second kappa shape index (κ2) is 5.97. The normalized spacial score (nSPS) is 13.1. The molecular weight excluding hydrogens is 154 g/mol. The van der Waals surface area contributed by atoms with Gasteiger partial charge in [0.15, 0.2) is 0 Å². The summed E-state index contributed by atoms with van der Waals surface area (Å²) in [5.41, 5.74) is 2.18. The number of nitrogens with two attached hydrogens (primary N) is 1. The Kier molecular flexibility index (Phi) is 5.66. The fourth-order valence-electron chi connectivity index (χ4n) is 1.37. The average Bonchev–Trinajstić information content (AvgIpc) is 2.12. The van der Waals surface area contributed by atoms with E-state index < -0.39 is 0 Å². The zero-order valence-corrected chi connectivity index (χ0v) is 8.13. The maximum absolute atomic E-state index is 11.2. The third kappa shape index (κ3) is 2.79. The highest BCUT2D eigenvalue weighted by molar-refractivity contribution is 5.81. The van der Waals surface area contributed by atoms with Crippen LogP contribution < -0.4 is 11.3 Å². The first-order valence-corrected chi connectivity index (χ1v) is 4.45. The van der Waals surface area contributed by atoms with Gasteiger partial charge >= 0.3 is 0 Å². The van der Waals surface area contributed by atoms with Crippen molar-refractivity contribution in [3.63, 3.8) is 0 Å². The molecule has 1 amide bonds. The standard InChI is InChI=1S/C8H19N3O/c1-4-7(8(12)10-9)11(5-2)6-3/h7H,4-6,9H2,1-3H3,(H,10,12). The van der Waals surface area contributed by atoms with Gasteiger partial charge in [-0.25, -0.2) is 5.84 Å². The Balaban J connectivity index is 4.19. The van der Waals surface area contributed by atoms with Crippen LogP contribution in [-0.2, 0) is 4.79 Å². The molecule has 3 N–H and O–H groups in total. The van der Waals surface area contributed by atoms with Crippen molar-refractivity contribution in [1.29, 1.82) is 0 Å². The van der Waals surface area contributed by atoms with Crippen LogP contribution in [0.5, 0.6) is 0 Å². The molecule has 0 fully saturated rings. The second-order valence-electron chi connectivity index (χ2n) is 2.65. The fourth-order valence-corrected chi connectivity index (χ4v) is 1.37. The number of carbonyl (C=O) groups is 1. The van der Waals surface area contributed by atoms with Gasteiger partial charge in [0.1, 0.15) is 0 Å². The molecule has 0 radical (unpaired) electrons. The van der Waals surface area contributed by atoms with E-state index in [1.807, 2.05) is 20.8 Å². The molecule has 0 saturated carbocycles. The molecule has 0 aliphatic rings. The van der Waals surface area contributed by atoms with Crippen LogP contribution in [-0.4, -0.2) is 29.9 Å². The second-order valence-corrected chi connectivity index (χ2v) is 2.65. The van der Waals surface area contributed by atoms with Crippen LogP contribution in [0.15, 0.2) is 0 Å². The van der Waals surface area contributed by atoms with Crippen LogP contribution in [0.1, 0.15) is 27.2 Å². The Morgan fingerprint density at radius 3 is 2.17 bits per heavy atom. The van der Waals surface area contributed by atoms with Crippen molar-refractivity contribution in [2.45, 2.75) is 33.2 Å². The van der Waals surface area contributed by atoms with Gasteiger partial charge in [-0.3, -0.25) is 15.1 Å². The van der Waals surface area contributed by atoms with Crippen LogP contribution in [0.2, 0.25) is 0 Å². The number of hydrogen-bond donors (Lipinski definition) is 2. The largest absolute Gasteiger partial charge is 0.293 e. The first kappa shape index (κ1) is 11.4. The molecule has 0 heterocycles. The fraction of sp³-hybridized carbons (Fsp3) is 0.875. The van der Waals surface area contributed by atoms with Gasteiger partial charge < -0.3 is 0 Å². The van der Waals surface area contributed by atoms with Crippen molar-refractivity contribution < 1.29 is 4.79 Å². The van der Waals surface area contributed by atoms with Crippen LogP contribution in [0.3, 0.4) is 0 Å². The van der Waals surface area contributed by atoms with Crippen molar-refractivity contribution in [3.05, 3.63) is 0 Å². The predicted octanol–water partition coefficient (Wildman–Crippen LogP) is 0.0967. The third-order valence-corrected chi connectivity index (χ3v) is 2.08. The topological polar surface area (TPSA) is 58.4 Å². The maximum atomic E-state index is 11.2. The summed E-state index contributed by atoms with van der Waals surface area (Å²) >= 11 is 0. The summed E-state index contributed by atoms with van der Waals surface area (Å²) in [6.45, 7) is 7.81. The summed E-state index contributed by atoms with van der Waals surface area (Å²) in [5.74, 6) is 4.97. The Labute approximate surface area is 74.1 Å². The summed E-state index contributed by atoms with van der Waals surface area (Å²) in [6.07, 6.45) is 0.796. The van der Waals surface area contributed by atoms with Crippen molar-refractivity contribution in [1.82, 2.24) is 10.3 Å². The number of carbonyl (C=O) groups excluding carboxylic acids is 1. The molecule has 0 spiro atoms. The molecule has 4 heteroatoms. The first-order valence-electron chi connectivity index (χ1n) is 4.45. The molecule has 72 valence electrons. The minimum absolute atomic E-state index is 0.0787. The van der Waals surface area contributed by atoms with E-state index >= 15 is 0 Å². The van der Waals surface area contributed by atoms with Crippen molar-refractivity contribution in [3.8, 4) is 0 Å². The molecule has 4 nitrogen and oxygen atoms in total. The molecule has 0 aromatic heterocycles. The van der Waals surface area contributed by atoms with E-state index in [1.165, 1.54) is 0 Å². The monoisotopic (exact) mass is 173 g/mol. The highest BCUT2D eigenvalue weighted by Gasteiger charge is 2.20. The summed E-state index contributed by atoms with van der Waals surface area (Å²) in [5, 5.41) is 0. The Morgan fingerprint density at radius 1 is 1.42 bits per heavy atom. The number of likely N-dealkylation sites (N-methyl/N-ethyl adjacent to an activating group) is 1. The molecular formula is C8H19N3O. The number of nitrogens with one attached hydrogen (secondary N) is 1. The van der Waals surface area contributed by atoms with E-state index in [2.05, 4.69) is 10.3 Å². The molecule has 0 saturated heterocycles. The van der Waals surface area contributed by atoms with E-state index in [1.54, 1.807) is 0 Å². The lowest BCUT2D eigenvalue weighted by molar-refractivity contribution is -0.126. The van der Waals surface area contributed by atoms with E-state index in [4.69, 9.17) is 5.84 Å². The molecule has 0 aromatic rings. The number of rotatable bonds is 5. The molecule has 0 rings (SSSR count). The predicted molar refractivity (Wildman–Crippen MR) is 49.3 cm³/mol. The van der Waals surface area contributed by atoms with Crippen molar-refractivity contribution in [2.75, 3.05) is 13.1 Å². The van der Waals surface area contributed by atoms with Gasteiger partial charge in [0.2, 0.25) is 0 Å². The third-order valence-electron chi connectivity index (χ3n) is 2.08. The van der Waals surface area contributed by atoms with Crippen LogP contribution in [0.4, 0.5) is 0 Å². The van der Waals surface area contributed by atoms with E-state index in [0.717, 1.165) is 19.5 Å². The van der Waals surface area contributed by atoms with E-state index in [9.17, 15) is 4.79 Å². The number of amides is 1. The quantitative estimate of drug-likeness (QED) is 0.352. The maximum Gasteiger partial charge on any atom is 0.251 e. The first-order chi connectivity index (χ1) is 5.71. The van der Waals surface area contributed by atoms with Gasteiger partial charge in [0.05, 0.1) is 6.04 Å². The van der Waals surface area contributed by atoms with Crippen LogP contribution in [0, 0.1) is 0 Å². The number of nitrogens with zero attached hydrogens (tertiary/aromatic N) is 1. The van der Waals surface area contributed by atoms with Gasteiger partial charge in [-0.1, -0.05) is 20.8 Å². The van der Waals surface area contributed by atoms with Crippen molar-refractivity contribution in [2.24, 2.45) is 5.84 Å². The van der Waals surface area contributed by atoms with Crippen LogP contribution in [0.25, 0.3) is 0 Å². The highest BCUT2D eigenvalue weighted by atomic mass is 16.2. The van der Waals surface area contributed by atoms with Gasteiger partial charge in [0, 0.05) is 0 Å². The minimum atomic E-state index is -0.0961. The number of hydrazine groups is 1. The minimum Gasteiger partial charge on any atom is -0.293 e. The van der Waals surface area contributed by atoms with Crippen LogP contribution >= 0.6 is 0 Å². The molecule has 0 bridgehead atoms. The van der Waals surface area contributed by atoms with Gasteiger partial charge in [-0.05, 0) is 19.5 Å². The molecule has 0 aromatic carbocycles. The zero-order chi connectivity index (χ0) is 9.56. The molecule has 0 aliphatic heterocycles. The van der Waals surface area contributed by atoms with E-state index in [0.29, 0.717) is 0 Å². The Morgan fingerprint density at radius 2 is 1.92 bits per heavy atom. The van der Waals surface area contributed by atoms with Crippen molar-refractivity contribution >= 4 is 5.91 Å². The highest BCUT2D eigenvalue weighted by Crippen LogP contribution is 2.02. The smallest absolute Gasteiger partial charge is 0.251 e. The average molecular weight is 173 g/mol. The molecule has 1 unspecified atom stereocenters. The summed E-state index contributed by atoms with van der Waals surface area (Å²) in [7, 11) is 0. The van der Waals surface area contributed by atoms with E-state index in [-0.39, 0.29) is 11.9 Å². The zero-order valence-electron chi connectivity index (χ0n) is 8.13. The Hall–Kier alpha value is -0.610. The summed E-state index contributed by atoms with van der Waals surface area (Å²) in [6, 6.07) is -0.0787. The van der Waals surface area contributed by atoms with Gasteiger partial charge in [-0.15, -0.1) is 0 Å². The summed E-state index contributed by atoms with van der Waals surface area (Å²) < 4.78 is 0. The molecule has 1 atom stereocenters. The molecule has 12 heavy (non-hydrogen) atoms. The Bertz CT molecular complexity index is 134.